The van der Waals surface area contributed by atoms with Gasteiger partial charge in [-0.3, -0.25) is 4.79 Å². The summed E-state index contributed by atoms with van der Waals surface area (Å²) in [4.78, 5) is 24.8. The summed E-state index contributed by atoms with van der Waals surface area (Å²) in [5, 5.41) is 10.1. The molecule has 1 fully saturated rings. The molecule has 22 heavy (non-hydrogen) atoms. The van der Waals surface area contributed by atoms with Crippen LogP contribution in [0.2, 0.25) is 0 Å². The molecule has 1 heterocycles. The van der Waals surface area contributed by atoms with E-state index in [2.05, 4.69) is 0 Å². The molecule has 0 unspecified atom stereocenters. The van der Waals surface area contributed by atoms with Crippen molar-refractivity contribution in [3.8, 4) is 0 Å². The molecule has 120 valence electrons. The summed E-state index contributed by atoms with van der Waals surface area (Å²) in [6.45, 7) is 2.28. The second kappa shape index (κ2) is 8.19. The summed E-state index contributed by atoms with van der Waals surface area (Å²) >= 11 is 1.08. The quantitative estimate of drug-likeness (QED) is 0.901. The summed E-state index contributed by atoms with van der Waals surface area (Å²) in [7, 11) is 0. The first-order valence-corrected chi connectivity index (χ1v) is 8.35. The van der Waals surface area contributed by atoms with Gasteiger partial charge in [-0.1, -0.05) is 42.1 Å². The number of aliphatic hydroxyl groups excluding tert-OH is 1. The number of carbonyl (C=O) groups is 2. The lowest BCUT2D eigenvalue weighted by Crippen LogP contribution is -2.44. The van der Waals surface area contributed by atoms with E-state index in [9.17, 15) is 14.7 Å². The molecule has 0 aromatic heterocycles. The first-order valence-electron chi connectivity index (χ1n) is 7.36. The summed E-state index contributed by atoms with van der Waals surface area (Å²) in [5.74, 6) is 0.308. The Kier molecular flexibility index (Phi) is 6.27. The van der Waals surface area contributed by atoms with Crippen molar-refractivity contribution in [1.82, 2.24) is 4.90 Å². The van der Waals surface area contributed by atoms with Crippen LogP contribution in [0.15, 0.2) is 30.3 Å². The number of thioether (sulfide) groups is 1. The maximum absolute atomic E-state index is 12.2. The van der Waals surface area contributed by atoms with Gasteiger partial charge in [-0.05, 0) is 18.4 Å². The van der Waals surface area contributed by atoms with E-state index in [1.54, 1.807) is 4.90 Å². The van der Waals surface area contributed by atoms with Gasteiger partial charge >= 0.3 is 6.09 Å². The standard InChI is InChI=1S/C16H21NO4S/c1-12(18)22-11-15(19)14-8-5-9-17(14)16(20)21-10-13-6-3-2-4-7-13/h2-4,6-7,14-15,19H,5,8-11H2,1H3/t14-,15+/m1/s1. The van der Waals surface area contributed by atoms with Crippen molar-refractivity contribution >= 4 is 23.0 Å². The van der Waals surface area contributed by atoms with E-state index in [1.807, 2.05) is 30.3 Å². The largest absolute Gasteiger partial charge is 0.445 e. The fourth-order valence-corrected chi connectivity index (χ4v) is 3.16. The van der Waals surface area contributed by atoms with Gasteiger partial charge in [-0.15, -0.1) is 0 Å². The number of benzene rings is 1. The zero-order valence-corrected chi connectivity index (χ0v) is 13.4. The Bertz CT molecular complexity index is 508. The molecule has 1 aliphatic heterocycles. The number of hydrogen-bond donors (Lipinski definition) is 1. The van der Waals surface area contributed by atoms with E-state index in [4.69, 9.17) is 4.74 Å². The highest BCUT2D eigenvalue weighted by Gasteiger charge is 2.34. The molecular weight excluding hydrogens is 302 g/mol. The molecule has 1 N–H and O–H groups in total. The highest BCUT2D eigenvalue weighted by atomic mass is 32.2. The van der Waals surface area contributed by atoms with Gasteiger partial charge in [-0.25, -0.2) is 4.79 Å². The maximum Gasteiger partial charge on any atom is 0.410 e. The lowest BCUT2D eigenvalue weighted by molar-refractivity contribution is -0.109. The van der Waals surface area contributed by atoms with Crippen molar-refractivity contribution in [2.45, 2.75) is 38.5 Å². The normalized spacial score (nSPS) is 19.0. The number of hydrogen-bond acceptors (Lipinski definition) is 5. The second-order valence-electron chi connectivity index (χ2n) is 5.31. The molecule has 1 aromatic carbocycles. The Hall–Kier alpha value is -1.53. The molecule has 0 aliphatic carbocycles. The molecule has 2 atom stereocenters. The van der Waals surface area contributed by atoms with Gasteiger partial charge in [-0.2, -0.15) is 0 Å². The van der Waals surface area contributed by atoms with Crippen LogP contribution in [0.5, 0.6) is 0 Å². The Balaban J connectivity index is 1.86. The molecule has 0 saturated carbocycles. The summed E-state index contributed by atoms with van der Waals surface area (Å²) < 4.78 is 5.32. The number of rotatable bonds is 5. The van der Waals surface area contributed by atoms with Gasteiger partial charge in [0.25, 0.3) is 0 Å². The molecule has 1 saturated heterocycles. The SMILES string of the molecule is CC(=O)SC[C@H](O)[C@H]1CCCN1C(=O)OCc1ccccc1. The van der Waals surface area contributed by atoms with E-state index >= 15 is 0 Å². The van der Waals surface area contributed by atoms with E-state index in [0.717, 1.165) is 30.2 Å². The van der Waals surface area contributed by atoms with Crippen LogP contribution in [0.25, 0.3) is 0 Å². The third-order valence-corrected chi connectivity index (χ3v) is 4.56. The van der Waals surface area contributed by atoms with Crippen LogP contribution in [-0.2, 0) is 16.1 Å². The smallest absolute Gasteiger partial charge is 0.410 e. The summed E-state index contributed by atoms with van der Waals surface area (Å²) in [5.41, 5.74) is 0.930. The highest BCUT2D eigenvalue weighted by molar-refractivity contribution is 8.13. The zero-order chi connectivity index (χ0) is 15.9. The van der Waals surface area contributed by atoms with Crippen molar-refractivity contribution in [1.29, 1.82) is 0 Å². The van der Waals surface area contributed by atoms with Gasteiger partial charge < -0.3 is 14.7 Å². The third-order valence-electron chi connectivity index (χ3n) is 3.64. The van der Waals surface area contributed by atoms with Crippen molar-refractivity contribution in [2.24, 2.45) is 0 Å². The molecule has 1 aliphatic rings. The van der Waals surface area contributed by atoms with Crippen LogP contribution < -0.4 is 0 Å². The highest BCUT2D eigenvalue weighted by Crippen LogP contribution is 2.23. The molecule has 2 rings (SSSR count). The lowest BCUT2D eigenvalue weighted by Gasteiger charge is -2.27. The van der Waals surface area contributed by atoms with Crippen molar-refractivity contribution < 1.29 is 19.4 Å². The number of ether oxygens (including phenoxy) is 1. The Morgan fingerprint density at radius 1 is 1.41 bits per heavy atom. The molecule has 6 heteroatoms. The lowest BCUT2D eigenvalue weighted by atomic mass is 10.1. The Morgan fingerprint density at radius 3 is 2.82 bits per heavy atom. The van der Waals surface area contributed by atoms with Crippen LogP contribution >= 0.6 is 11.8 Å². The molecule has 0 bridgehead atoms. The number of amides is 1. The molecule has 1 amide bonds. The first kappa shape index (κ1) is 16.8. The van der Waals surface area contributed by atoms with Crippen LogP contribution in [0, 0.1) is 0 Å². The number of carbonyl (C=O) groups excluding carboxylic acids is 2. The van der Waals surface area contributed by atoms with E-state index in [-0.39, 0.29) is 17.8 Å². The Morgan fingerprint density at radius 2 is 2.14 bits per heavy atom. The molecule has 0 radical (unpaired) electrons. The van der Waals surface area contributed by atoms with Gasteiger partial charge in [0.05, 0.1) is 12.1 Å². The molecular formula is C16H21NO4S. The Labute approximate surface area is 134 Å². The van der Waals surface area contributed by atoms with Crippen LogP contribution in [0.1, 0.15) is 25.3 Å². The van der Waals surface area contributed by atoms with Crippen LogP contribution in [0.3, 0.4) is 0 Å². The number of nitrogens with zero attached hydrogens (tertiary/aromatic N) is 1. The zero-order valence-electron chi connectivity index (χ0n) is 12.6. The number of likely N-dealkylation sites (tertiary alicyclic amines) is 1. The van der Waals surface area contributed by atoms with Crippen LogP contribution in [-0.4, -0.2) is 45.7 Å². The fourth-order valence-electron chi connectivity index (χ4n) is 2.54. The predicted octanol–water partition coefficient (Wildman–Crippen LogP) is 2.43. The van der Waals surface area contributed by atoms with Gasteiger partial charge in [0, 0.05) is 19.2 Å². The summed E-state index contributed by atoms with van der Waals surface area (Å²) in [6.07, 6.45) is 0.464. The predicted molar refractivity (Wildman–Crippen MR) is 85.5 cm³/mol. The molecule has 0 spiro atoms. The average molecular weight is 323 g/mol. The van der Waals surface area contributed by atoms with E-state index in [0.29, 0.717) is 12.3 Å². The van der Waals surface area contributed by atoms with Crippen molar-refractivity contribution in [2.75, 3.05) is 12.3 Å². The van der Waals surface area contributed by atoms with E-state index < -0.39 is 12.2 Å². The molecule has 5 nitrogen and oxygen atoms in total. The van der Waals surface area contributed by atoms with E-state index in [1.165, 1.54) is 6.92 Å². The average Bonchev–Trinajstić information content (AvgIpc) is 3.01. The minimum Gasteiger partial charge on any atom is -0.445 e. The number of aliphatic hydroxyl groups is 1. The van der Waals surface area contributed by atoms with Crippen LogP contribution in [0.4, 0.5) is 4.79 Å². The first-order chi connectivity index (χ1) is 10.6. The second-order valence-corrected chi connectivity index (χ2v) is 6.51. The monoisotopic (exact) mass is 323 g/mol. The fraction of sp³-hybridized carbons (Fsp3) is 0.500. The van der Waals surface area contributed by atoms with Gasteiger partial charge in [0.1, 0.15) is 6.61 Å². The maximum atomic E-state index is 12.2. The molecule has 1 aromatic rings. The third kappa shape index (κ3) is 4.74. The topological polar surface area (TPSA) is 66.8 Å². The van der Waals surface area contributed by atoms with Gasteiger partial charge in [0.2, 0.25) is 0 Å². The van der Waals surface area contributed by atoms with Crippen molar-refractivity contribution in [3.05, 3.63) is 35.9 Å². The van der Waals surface area contributed by atoms with Gasteiger partial charge in [0.15, 0.2) is 5.12 Å². The minimum atomic E-state index is -0.708. The van der Waals surface area contributed by atoms with Crippen molar-refractivity contribution in [3.63, 3.8) is 0 Å². The summed E-state index contributed by atoms with van der Waals surface area (Å²) in [6, 6.07) is 9.22. The minimum absolute atomic E-state index is 0.0322.